The first-order chi connectivity index (χ1) is 7.72. The fourth-order valence-corrected chi connectivity index (χ4v) is 1.82. The van der Waals surface area contributed by atoms with Crippen LogP contribution in [0.3, 0.4) is 0 Å². The monoisotopic (exact) mass is 215 g/mol. The lowest BCUT2D eigenvalue weighted by molar-refractivity contribution is 0.969. The van der Waals surface area contributed by atoms with Gasteiger partial charge in [0.05, 0.1) is 5.52 Å². The number of benzene rings is 1. The maximum atomic E-state index is 5.64. The van der Waals surface area contributed by atoms with E-state index in [1.54, 1.807) is 0 Å². The maximum absolute atomic E-state index is 5.64. The van der Waals surface area contributed by atoms with E-state index < -0.39 is 0 Å². The zero-order valence-electron chi connectivity index (χ0n) is 9.77. The zero-order chi connectivity index (χ0) is 11.5. The molecule has 0 spiro atoms. The molecular weight excluding hydrogens is 198 g/mol. The van der Waals surface area contributed by atoms with Crippen molar-refractivity contribution in [2.45, 2.75) is 6.42 Å². The summed E-state index contributed by atoms with van der Waals surface area (Å²) >= 11 is 0. The van der Waals surface area contributed by atoms with Gasteiger partial charge in [-0.3, -0.25) is 0 Å². The molecule has 84 valence electrons. The Morgan fingerprint density at radius 1 is 1.25 bits per heavy atom. The van der Waals surface area contributed by atoms with E-state index in [9.17, 15) is 0 Å². The smallest absolute Gasteiger partial charge is 0.129 e. The van der Waals surface area contributed by atoms with Crippen LogP contribution in [0.4, 0.5) is 5.82 Å². The van der Waals surface area contributed by atoms with Crippen LogP contribution >= 0.6 is 0 Å². The van der Waals surface area contributed by atoms with E-state index in [2.05, 4.69) is 17.1 Å². The third-order valence-corrected chi connectivity index (χ3v) is 2.66. The lowest BCUT2D eigenvalue weighted by Gasteiger charge is -2.14. The normalized spacial score (nSPS) is 10.7. The number of fused-ring (bicyclic) bond motifs is 1. The van der Waals surface area contributed by atoms with Crippen molar-refractivity contribution in [3.63, 3.8) is 0 Å². The van der Waals surface area contributed by atoms with Gasteiger partial charge < -0.3 is 10.6 Å². The van der Waals surface area contributed by atoms with Crippen molar-refractivity contribution in [2.24, 2.45) is 5.73 Å². The molecule has 0 atom stereocenters. The van der Waals surface area contributed by atoms with E-state index in [4.69, 9.17) is 5.73 Å². The van der Waals surface area contributed by atoms with Crippen molar-refractivity contribution in [2.75, 3.05) is 25.5 Å². The predicted octanol–water partition coefficient (Wildman–Crippen LogP) is 1.80. The molecule has 1 heterocycles. The molecule has 0 fully saturated rings. The summed E-state index contributed by atoms with van der Waals surface area (Å²) in [6, 6.07) is 10.3. The Morgan fingerprint density at radius 3 is 2.69 bits per heavy atom. The minimum absolute atomic E-state index is 0.668. The number of anilines is 1. The standard InChI is InChI=1S/C13H17N3/c1-16(2)13-9-10(7-8-14)11-5-3-4-6-12(11)15-13/h3-6,9H,7-8,14H2,1-2H3. The lowest BCUT2D eigenvalue weighted by atomic mass is 10.1. The molecule has 2 N–H and O–H groups in total. The highest BCUT2D eigenvalue weighted by Gasteiger charge is 2.05. The summed E-state index contributed by atoms with van der Waals surface area (Å²) in [5.74, 6) is 0.988. The average Bonchev–Trinajstić information content (AvgIpc) is 2.29. The van der Waals surface area contributed by atoms with E-state index in [1.165, 1.54) is 10.9 Å². The third kappa shape index (κ3) is 1.99. The third-order valence-electron chi connectivity index (χ3n) is 2.66. The van der Waals surface area contributed by atoms with Crippen LogP contribution in [0.25, 0.3) is 10.9 Å². The molecule has 1 aromatic heterocycles. The quantitative estimate of drug-likeness (QED) is 0.849. The van der Waals surface area contributed by atoms with Gasteiger partial charge >= 0.3 is 0 Å². The van der Waals surface area contributed by atoms with Crippen molar-refractivity contribution in [3.05, 3.63) is 35.9 Å². The summed E-state index contributed by atoms with van der Waals surface area (Å²) in [6.45, 7) is 0.668. The summed E-state index contributed by atoms with van der Waals surface area (Å²) in [6.07, 6.45) is 0.893. The molecule has 3 heteroatoms. The highest BCUT2D eigenvalue weighted by atomic mass is 15.1. The molecule has 3 nitrogen and oxygen atoms in total. The van der Waals surface area contributed by atoms with Crippen LogP contribution in [0.1, 0.15) is 5.56 Å². The van der Waals surface area contributed by atoms with Crippen LogP contribution in [-0.4, -0.2) is 25.6 Å². The van der Waals surface area contributed by atoms with E-state index in [0.29, 0.717) is 6.54 Å². The number of pyridine rings is 1. The van der Waals surface area contributed by atoms with E-state index in [-0.39, 0.29) is 0 Å². The van der Waals surface area contributed by atoms with Gasteiger partial charge in [0, 0.05) is 19.5 Å². The van der Waals surface area contributed by atoms with Crippen LogP contribution in [0.15, 0.2) is 30.3 Å². The Morgan fingerprint density at radius 2 is 2.00 bits per heavy atom. The summed E-state index contributed by atoms with van der Waals surface area (Å²) in [5, 5.41) is 1.21. The molecule has 0 saturated carbocycles. The molecule has 0 amide bonds. The molecule has 0 aliphatic carbocycles. The van der Waals surface area contributed by atoms with Crippen molar-refractivity contribution < 1.29 is 0 Å². The topological polar surface area (TPSA) is 42.1 Å². The van der Waals surface area contributed by atoms with Crippen molar-refractivity contribution in [1.82, 2.24) is 4.98 Å². The van der Waals surface area contributed by atoms with Gasteiger partial charge in [0.15, 0.2) is 0 Å². The predicted molar refractivity (Wildman–Crippen MR) is 68.8 cm³/mol. The Labute approximate surface area is 95.9 Å². The number of aromatic nitrogens is 1. The van der Waals surface area contributed by atoms with Crippen molar-refractivity contribution >= 4 is 16.7 Å². The van der Waals surface area contributed by atoms with E-state index in [0.717, 1.165) is 17.8 Å². The Balaban J connectivity index is 2.63. The lowest BCUT2D eigenvalue weighted by Crippen LogP contribution is -2.12. The van der Waals surface area contributed by atoms with Crippen LogP contribution in [0.5, 0.6) is 0 Å². The number of nitrogens with zero attached hydrogens (tertiary/aromatic N) is 2. The number of nitrogens with two attached hydrogens (primary N) is 1. The molecule has 0 bridgehead atoms. The molecule has 0 aliphatic rings. The maximum Gasteiger partial charge on any atom is 0.129 e. The molecule has 2 aromatic rings. The first-order valence-electron chi connectivity index (χ1n) is 5.48. The largest absolute Gasteiger partial charge is 0.363 e. The number of rotatable bonds is 3. The Bertz CT molecular complexity index is 492. The van der Waals surface area contributed by atoms with Crippen molar-refractivity contribution in [1.29, 1.82) is 0 Å². The summed E-state index contributed by atoms with van der Waals surface area (Å²) in [5.41, 5.74) is 7.96. The summed E-state index contributed by atoms with van der Waals surface area (Å²) < 4.78 is 0. The first-order valence-corrected chi connectivity index (χ1v) is 5.48. The van der Waals surface area contributed by atoms with Gasteiger partial charge in [0.25, 0.3) is 0 Å². The second kappa shape index (κ2) is 4.49. The van der Waals surface area contributed by atoms with Gasteiger partial charge in [0.1, 0.15) is 5.82 Å². The van der Waals surface area contributed by atoms with Crippen LogP contribution in [-0.2, 0) is 6.42 Å². The van der Waals surface area contributed by atoms with Gasteiger partial charge in [0.2, 0.25) is 0 Å². The Kier molecular flexibility index (Phi) is 3.06. The van der Waals surface area contributed by atoms with E-state index in [1.807, 2.05) is 37.2 Å². The summed E-state index contributed by atoms with van der Waals surface area (Å²) in [7, 11) is 4.01. The molecule has 0 aliphatic heterocycles. The number of para-hydroxylation sites is 1. The SMILES string of the molecule is CN(C)c1cc(CCN)c2ccccc2n1. The van der Waals surface area contributed by atoms with E-state index >= 15 is 0 Å². The molecular formula is C13H17N3. The van der Waals surface area contributed by atoms with Gasteiger partial charge in [-0.15, -0.1) is 0 Å². The second-order valence-corrected chi connectivity index (χ2v) is 4.09. The minimum Gasteiger partial charge on any atom is -0.363 e. The fraction of sp³-hybridized carbons (Fsp3) is 0.308. The van der Waals surface area contributed by atoms with Crippen LogP contribution < -0.4 is 10.6 Å². The van der Waals surface area contributed by atoms with Gasteiger partial charge in [-0.2, -0.15) is 0 Å². The second-order valence-electron chi connectivity index (χ2n) is 4.09. The van der Waals surface area contributed by atoms with Gasteiger partial charge in [-0.1, -0.05) is 18.2 Å². The molecule has 0 unspecified atom stereocenters. The summed E-state index contributed by atoms with van der Waals surface area (Å²) in [4.78, 5) is 6.62. The van der Waals surface area contributed by atoms with Gasteiger partial charge in [-0.25, -0.2) is 4.98 Å². The molecule has 0 saturated heterocycles. The fourth-order valence-electron chi connectivity index (χ4n) is 1.82. The number of hydrogen-bond donors (Lipinski definition) is 1. The van der Waals surface area contributed by atoms with Crippen LogP contribution in [0.2, 0.25) is 0 Å². The van der Waals surface area contributed by atoms with Gasteiger partial charge in [-0.05, 0) is 30.7 Å². The molecule has 2 rings (SSSR count). The van der Waals surface area contributed by atoms with Crippen molar-refractivity contribution in [3.8, 4) is 0 Å². The minimum atomic E-state index is 0.668. The Hall–Kier alpha value is -1.61. The molecule has 16 heavy (non-hydrogen) atoms. The first kappa shape index (κ1) is 10.9. The molecule has 1 aromatic carbocycles. The molecule has 0 radical (unpaired) electrons. The highest BCUT2D eigenvalue weighted by molar-refractivity contribution is 5.84. The average molecular weight is 215 g/mol. The number of hydrogen-bond acceptors (Lipinski definition) is 3. The van der Waals surface area contributed by atoms with Crippen LogP contribution in [0, 0.1) is 0 Å². The zero-order valence-corrected chi connectivity index (χ0v) is 9.77. The highest BCUT2D eigenvalue weighted by Crippen LogP contribution is 2.22.